The zero-order valence-electron chi connectivity index (χ0n) is 25.4. The number of para-hydroxylation sites is 2. The minimum atomic E-state index is -0.423. The van der Waals surface area contributed by atoms with Gasteiger partial charge in [0.25, 0.3) is 0 Å². The van der Waals surface area contributed by atoms with Gasteiger partial charge in [0.05, 0.1) is 5.41 Å². The van der Waals surface area contributed by atoms with Gasteiger partial charge in [0.1, 0.15) is 34.2 Å². The van der Waals surface area contributed by atoms with E-state index >= 15 is 0 Å². The van der Waals surface area contributed by atoms with Gasteiger partial charge >= 0.3 is 0 Å². The van der Waals surface area contributed by atoms with E-state index in [2.05, 4.69) is 128 Å². The van der Waals surface area contributed by atoms with Crippen LogP contribution in [0.25, 0.3) is 55.3 Å². The first-order valence-electron chi connectivity index (χ1n) is 15.7. The highest BCUT2D eigenvalue weighted by molar-refractivity contribution is 6.12. The van der Waals surface area contributed by atoms with E-state index < -0.39 is 5.41 Å². The number of ether oxygens (including phenoxy) is 2. The van der Waals surface area contributed by atoms with Crippen LogP contribution in [0.5, 0.6) is 17.2 Å². The summed E-state index contributed by atoms with van der Waals surface area (Å²) in [6, 6.07) is 46.3. The average Bonchev–Trinajstić information content (AvgIpc) is 3.49. The Morgan fingerprint density at radius 1 is 0.543 bits per heavy atom. The summed E-state index contributed by atoms with van der Waals surface area (Å²) in [4.78, 5) is 0. The van der Waals surface area contributed by atoms with Crippen molar-refractivity contribution in [3.8, 4) is 50.6 Å². The van der Waals surface area contributed by atoms with E-state index in [1.165, 1.54) is 0 Å². The summed E-state index contributed by atoms with van der Waals surface area (Å²) in [7, 11) is 0. The lowest BCUT2D eigenvalue weighted by molar-refractivity contribution is 0.314. The lowest BCUT2D eigenvalue weighted by Gasteiger charge is -2.36. The molecule has 1 atom stereocenters. The maximum atomic E-state index is 7.08. The van der Waals surface area contributed by atoms with Gasteiger partial charge in [-0.2, -0.15) is 0 Å². The Morgan fingerprint density at radius 2 is 1.26 bits per heavy atom. The van der Waals surface area contributed by atoms with Gasteiger partial charge in [0.2, 0.25) is 0 Å². The molecule has 1 aliphatic heterocycles. The molecule has 3 nitrogen and oxygen atoms in total. The van der Waals surface area contributed by atoms with Gasteiger partial charge in [0.15, 0.2) is 0 Å². The van der Waals surface area contributed by atoms with E-state index in [0.717, 1.165) is 90.3 Å². The van der Waals surface area contributed by atoms with Gasteiger partial charge in [-0.05, 0) is 84.1 Å². The number of furan rings is 1. The Morgan fingerprint density at radius 3 is 2.15 bits per heavy atom. The van der Waals surface area contributed by atoms with Crippen molar-refractivity contribution in [2.45, 2.75) is 18.8 Å². The predicted molar refractivity (Wildman–Crippen MR) is 186 cm³/mol. The van der Waals surface area contributed by atoms with Crippen LogP contribution >= 0.6 is 0 Å². The van der Waals surface area contributed by atoms with Crippen molar-refractivity contribution in [1.82, 2.24) is 0 Å². The standard InChI is InChI=1S/C43H30O3/c1-43-25-10-9-20-41(43)46-40-27-30(31-15-11-19-38-42(31)34-14-5-7-17-36(34)44-38)22-24-33(40)32-23-21-29(28-12-3-2-4-13-28)26-39(32)45-37-18-8-6-16-35(37)43/h2-24,26-27H,25H2,1H3. The summed E-state index contributed by atoms with van der Waals surface area (Å²) in [5.41, 5.74) is 8.77. The van der Waals surface area contributed by atoms with Crippen molar-refractivity contribution >= 4 is 21.9 Å². The predicted octanol–water partition coefficient (Wildman–Crippen LogP) is 11.9. The number of fused-ring (bicyclic) bond motifs is 9. The number of benzene rings is 6. The second-order valence-corrected chi connectivity index (χ2v) is 12.3. The molecule has 0 amide bonds. The molecule has 0 saturated heterocycles. The van der Waals surface area contributed by atoms with Crippen molar-refractivity contribution < 1.29 is 13.9 Å². The number of hydrogen-bond acceptors (Lipinski definition) is 3. The molecule has 7 aromatic rings. The Kier molecular flexibility index (Phi) is 6.01. The molecule has 220 valence electrons. The molecule has 2 heterocycles. The molecular formula is C43H30O3. The largest absolute Gasteiger partial charge is 0.460 e. The molecule has 1 unspecified atom stereocenters. The fraction of sp³-hybridized carbons (Fsp3) is 0.0698. The maximum Gasteiger partial charge on any atom is 0.136 e. The zero-order valence-corrected chi connectivity index (χ0v) is 25.4. The normalized spacial score (nSPS) is 16.8. The smallest absolute Gasteiger partial charge is 0.136 e. The first-order chi connectivity index (χ1) is 22.7. The molecule has 6 aromatic carbocycles. The van der Waals surface area contributed by atoms with E-state index in [1.54, 1.807) is 0 Å². The van der Waals surface area contributed by atoms with Gasteiger partial charge < -0.3 is 13.9 Å². The van der Waals surface area contributed by atoms with Crippen LogP contribution in [-0.2, 0) is 5.41 Å². The van der Waals surface area contributed by atoms with Crippen LogP contribution < -0.4 is 9.47 Å². The maximum absolute atomic E-state index is 7.08. The third-order valence-corrected chi connectivity index (χ3v) is 9.45. The average molecular weight is 595 g/mol. The molecule has 3 heteroatoms. The molecule has 1 aliphatic carbocycles. The van der Waals surface area contributed by atoms with E-state index in [4.69, 9.17) is 13.9 Å². The van der Waals surface area contributed by atoms with E-state index in [0.29, 0.717) is 0 Å². The third-order valence-electron chi connectivity index (χ3n) is 9.45. The monoisotopic (exact) mass is 594 g/mol. The first-order valence-corrected chi connectivity index (χ1v) is 15.7. The summed E-state index contributed by atoms with van der Waals surface area (Å²) in [5, 5.41) is 2.21. The van der Waals surface area contributed by atoms with Crippen LogP contribution in [0.1, 0.15) is 18.9 Å². The Hall–Kier alpha value is -5.80. The topological polar surface area (TPSA) is 31.6 Å². The molecule has 0 N–H and O–H groups in total. The number of rotatable bonds is 2. The summed E-state index contributed by atoms with van der Waals surface area (Å²) < 4.78 is 20.3. The van der Waals surface area contributed by atoms with Gasteiger partial charge in [-0.1, -0.05) is 103 Å². The number of hydrogen-bond donors (Lipinski definition) is 0. The molecule has 46 heavy (non-hydrogen) atoms. The van der Waals surface area contributed by atoms with Gasteiger partial charge in [-0.15, -0.1) is 0 Å². The van der Waals surface area contributed by atoms with E-state index in [1.807, 2.05) is 30.3 Å². The molecule has 2 aliphatic rings. The SMILES string of the molecule is CC12CC=CC=C1Oc1cc(-c3cccc4oc5ccccc5c34)ccc1-c1ccc(-c3ccccc3)cc1Oc1ccccc12. The van der Waals surface area contributed by atoms with Crippen molar-refractivity contribution in [1.29, 1.82) is 0 Å². The highest BCUT2D eigenvalue weighted by atomic mass is 16.5. The quantitative estimate of drug-likeness (QED) is 0.200. The van der Waals surface area contributed by atoms with Crippen LogP contribution in [0.15, 0.2) is 162 Å². The third kappa shape index (κ3) is 4.20. The zero-order chi connectivity index (χ0) is 30.7. The Bertz CT molecular complexity index is 2360. The summed E-state index contributed by atoms with van der Waals surface area (Å²) in [6.45, 7) is 2.25. The van der Waals surface area contributed by atoms with Crippen LogP contribution in [0.4, 0.5) is 0 Å². The van der Waals surface area contributed by atoms with Crippen LogP contribution in [-0.4, -0.2) is 0 Å². The van der Waals surface area contributed by atoms with E-state index in [-0.39, 0.29) is 0 Å². The van der Waals surface area contributed by atoms with Crippen molar-refractivity contribution in [2.24, 2.45) is 0 Å². The van der Waals surface area contributed by atoms with Crippen LogP contribution in [0, 0.1) is 0 Å². The van der Waals surface area contributed by atoms with Crippen molar-refractivity contribution in [3.05, 3.63) is 163 Å². The lowest BCUT2D eigenvalue weighted by atomic mass is 9.75. The molecule has 9 rings (SSSR count). The first kappa shape index (κ1) is 26.6. The minimum absolute atomic E-state index is 0.423. The Labute approximate surface area is 267 Å². The molecular weight excluding hydrogens is 564 g/mol. The Balaban J connectivity index is 1.30. The van der Waals surface area contributed by atoms with Crippen molar-refractivity contribution in [2.75, 3.05) is 0 Å². The summed E-state index contributed by atoms with van der Waals surface area (Å²) in [6.07, 6.45) is 7.20. The lowest BCUT2D eigenvalue weighted by Crippen LogP contribution is -2.29. The minimum Gasteiger partial charge on any atom is -0.460 e. The molecule has 0 spiro atoms. The fourth-order valence-electron chi connectivity index (χ4n) is 7.03. The molecule has 1 aromatic heterocycles. The number of allylic oxidation sites excluding steroid dienone is 4. The molecule has 0 bridgehead atoms. The van der Waals surface area contributed by atoms with E-state index in [9.17, 15) is 0 Å². The fourth-order valence-corrected chi connectivity index (χ4v) is 7.03. The molecule has 0 saturated carbocycles. The van der Waals surface area contributed by atoms with Crippen molar-refractivity contribution in [3.63, 3.8) is 0 Å². The highest BCUT2D eigenvalue weighted by Gasteiger charge is 2.37. The van der Waals surface area contributed by atoms with Gasteiger partial charge in [-0.25, -0.2) is 0 Å². The second kappa shape index (κ2) is 10.4. The summed E-state index contributed by atoms with van der Waals surface area (Å²) >= 11 is 0. The highest BCUT2D eigenvalue weighted by Crippen LogP contribution is 2.50. The van der Waals surface area contributed by atoms with Gasteiger partial charge in [-0.3, -0.25) is 0 Å². The molecule has 0 fully saturated rings. The summed E-state index contributed by atoms with van der Waals surface area (Å²) in [5.74, 6) is 3.30. The second-order valence-electron chi connectivity index (χ2n) is 12.3. The van der Waals surface area contributed by atoms with Gasteiger partial charge in [0, 0.05) is 27.5 Å². The van der Waals surface area contributed by atoms with Crippen LogP contribution in [0.2, 0.25) is 0 Å². The molecule has 0 radical (unpaired) electrons. The van der Waals surface area contributed by atoms with Crippen LogP contribution in [0.3, 0.4) is 0 Å².